The molecule has 0 spiro atoms. The zero-order chi connectivity index (χ0) is 28.8. The molecule has 10 heteroatoms. The van der Waals surface area contributed by atoms with E-state index < -0.39 is 0 Å². The van der Waals surface area contributed by atoms with Crippen LogP contribution in [0.25, 0.3) is 22.2 Å². The van der Waals surface area contributed by atoms with Gasteiger partial charge in [-0.2, -0.15) is 0 Å². The predicted molar refractivity (Wildman–Crippen MR) is 164 cm³/mol. The van der Waals surface area contributed by atoms with Gasteiger partial charge in [-0.25, -0.2) is 9.97 Å². The summed E-state index contributed by atoms with van der Waals surface area (Å²) in [5.41, 5.74) is 3.95. The number of H-pyrrole nitrogens is 1. The minimum atomic E-state index is -0.0950. The van der Waals surface area contributed by atoms with Crippen molar-refractivity contribution in [3.8, 4) is 11.3 Å². The molecule has 41 heavy (non-hydrogen) atoms. The first-order valence-corrected chi connectivity index (χ1v) is 14.1. The third-order valence-electron chi connectivity index (χ3n) is 7.16. The number of anilines is 3. The Hall–Kier alpha value is -4.21. The molecule has 2 aromatic carbocycles. The van der Waals surface area contributed by atoms with Crippen LogP contribution in [0.3, 0.4) is 0 Å². The summed E-state index contributed by atoms with van der Waals surface area (Å²) < 4.78 is 0. The fraction of sp³-hybridized carbons (Fsp3) is 0.290. The number of halogens is 1. The van der Waals surface area contributed by atoms with Crippen LogP contribution in [0.5, 0.6) is 0 Å². The molecular formula is C31H34ClN7O2. The van der Waals surface area contributed by atoms with Crippen molar-refractivity contribution >= 4 is 51.6 Å². The third kappa shape index (κ3) is 7.31. The van der Waals surface area contributed by atoms with Gasteiger partial charge in [0.1, 0.15) is 0 Å². The molecule has 2 heterocycles. The van der Waals surface area contributed by atoms with Crippen molar-refractivity contribution in [3.63, 3.8) is 0 Å². The number of nitrogens with zero attached hydrogens (tertiary/aromatic N) is 3. The summed E-state index contributed by atoms with van der Waals surface area (Å²) in [4.78, 5) is 39.4. The van der Waals surface area contributed by atoms with E-state index in [4.69, 9.17) is 11.6 Å². The summed E-state index contributed by atoms with van der Waals surface area (Å²) in [7, 11) is 3.91. The number of benzene rings is 2. The van der Waals surface area contributed by atoms with Crippen molar-refractivity contribution in [2.75, 3.05) is 31.3 Å². The van der Waals surface area contributed by atoms with E-state index in [0.29, 0.717) is 22.4 Å². The van der Waals surface area contributed by atoms with Gasteiger partial charge >= 0.3 is 0 Å². The van der Waals surface area contributed by atoms with Gasteiger partial charge in [0.25, 0.3) is 0 Å². The molecule has 2 aromatic heterocycles. The minimum absolute atomic E-state index is 0.0119. The Bertz CT molecular complexity index is 1560. The second kappa shape index (κ2) is 13.0. The maximum absolute atomic E-state index is 13.0. The first-order valence-electron chi connectivity index (χ1n) is 13.7. The van der Waals surface area contributed by atoms with Crippen molar-refractivity contribution in [2.24, 2.45) is 5.92 Å². The van der Waals surface area contributed by atoms with Gasteiger partial charge < -0.3 is 25.8 Å². The van der Waals surface area contributed by atoms with Gasteiger partial charge in [-0.05, 0) is 64.0 Å². The number of rotatable bonds is 9. The van der Waals surface area contributed by atoms with Crippen LogP contribution < -0.4 is 16.0 Å². The van der Waals surface area contributed by atoms with Gasteiger partial charge in [0.2, 0.25) is 17.8 Å². The molecule has 0 saturated heterocycles. The number of fused-ring (bicyclic) bond motifs is 1. The van der Waals surface area contributed by atoms with Crippen LogP contribution in [0.15, 0.2) is 73.1 Å². The van der Waals surface area contributed by atoms with Crippen LogP contribution >= 0.6 is 11.6 Å². The molecule has 2 amide bonds. The smallest absolute Gasteiger partial charge is 0.243 e. The zero-order valence-electron chi connectivity index (χ0n) is 23.2. The summed E-state index contributed by atoms with van der Waals surface area (Å²) in [6.45, 7) is 0.718. The Balaban J connectivity index is 1.17. The number of nitrogens with one attached hydrogen (secondary N) is 4. The number of para-hydroxylation sites is 1. The molecule has 9 nitrogen and oxygen atoms in total. The van der Waals surface area contributed by atoms with Gasteiger partial charge in [-0.3, -0.25) is 9.59 Å². The van der Waals surface area contributed by atoms with Crippen molar-refractivity contribution in [2.45, 2.75) is 31.7 Å². The van der Waals surface area contributed by atoms with Gasteiger partial charge in [0.15, 0.2) is 0 Å². The second-order valence-electron chi connectivity index (χ2n) is 10.6. The van der Waals surface area contributed by atoms with Crippen LogP contribution in [0.4, 0.5) is 17.3 Å². The van der Waals surface area contributed by atoms with Crippen molar-refractivity contribution in [3.05, 3.63) is 78.1 Å². The lowest BCUT2D eigenvalue weighted by atomic mass is 9.85. The Morgan fingerprint density at radius 1 is 1.07 bits per heavy atom. The molecule has 0 atom stereocenters. The molecule has 212 valence electrons. The number of likely N-dealkylation sites (N-methyl/N-ethyl adjacent to an activating group) is 1. The lowest BCUT2D eigenvalue weighted by Gasteiger charge is -2.28. The van der Waals surface area contributed by atoms with E-state index in [1.54, 1.807) is 12.3 Å². The maximum Gasteiger partial charge on any atom is 0.243 e. The number of aromatic amines is 1. The van der Waals surface area contributed by atoms with E-state index >= 15 is 0 Å². The molecule has 4 N–H and O–H groups in total. The van der Waals surface area contributed by atoms with E-state index in [0.717, 1.165) is 54.4 Å². The van der Waals surface area contributed by atoms with Crippen molar-refractivity contribution < 1.29 is 9.59 Å². The highest BCUT2D eigenvalue weighted by Crippen LogP contribution is 2.33. The van der Waals surface area contributed by atoms with Gasteiger partial charge in [0, 0.05) is 58.6 Å². The topological polar surface area (TPSA) is 115 Å². The minimum Gasteiger partial charge on any atom is -0.360 e. The van der Waals surface area contributed by atoms with E-state index in [1.165, 1.54) is 0 Å². The summed E-state index contributed by atoms with van der Waals surface area (Å²) >= 11 is 6.47. The van der Waals surface area contributed by atoms with Crippen LogP contribution in [-0.2, 0) is 9.59 Å². The van der Waals surface area contributed by atoms with E-state index in [2.05, 4.69) is 30.9 Å². The summed E-state index contributed by atoms with van der Waals surface area (Å²) in [5.74, 6) is 0.210. The number of carbonyl (C=O) groups excluding carboxylic acids is 2. The predicted octanol–water partition coefficient (Wildman–Crippen LogP) is 5.75. The monoisotopic (exact) mass is 571 g/mol. The zero-order valence-corrected chi connectivity index (χ0v) is 23.9. The summed E-state index contributed by atoms with van der Waals surface area (Å²) in [6.07, 6.45) is 9.91. The Morgan fingerprint density at radius 3 is 2.66 bits per heavy atom. The highest BCUT2D eigenvalue weighted by atomic mass is 35.5. The molecule has 0 aliphatic heterocycles. The summed E-state index contributed by atoms with van der Waals surface area (Å²) in [6, 6.07) is 15.5. The van der Waals surface area contributed by atoms with E-state index in [-0.39, 0.29) is 23.8 Å². The highest BCUT2D eigenvalue weighted by Gasteiger charge is 2.27. The molecule has 0 bridgehead atoms. The molecule has 1 fully saturated rings. The lowest BCUT2D eigenvalue weighted by molar-refractivity contribution is -0.121. The Kier molecular flexibility index (Phi) is 8.96. The lowest BCUT2D eigenvalue weighted by Crippen LogP contribution is -2.39. The molecular weight excluding hydrogens is 538 g/mol. The van der Waals surface area contributed by atoms with E-state index in [1.807, 2.05) is 79.8 Å². The number of hydrogen-bond acceptors (Lipinski definition) is 6. The van der Waals surface area contributed by atoms with Gasteiger partial charge in [0.05, 0.1) is 16.9 Å². The largest absolute Gasteiger partial charge is 0.360 e. The first kappa shape index (κ1) is 28.3. The Labute approximate surface area is 244 Å². The molecule has 0 unspecified atom stereocenters. The number of aromatic nitrogens is 3. The van der Waals surface area contributed by atoms with Gasteiger partial charge in [-0.1, -0.05) is 41.9 Å². The van der Waals surface area contributed by atoms with E-state index in [9.17, 15) is 9.59 Å². The maximum atomic E-state index is 13.0. The molecule has 1 aliphatic rings. The standard InChI is InChI=1S/C31H34ClN7O2/c1-39(2)16-6-11-28(40)35-21-14-12-20(13-15-21)30(41)36-22-7-5-8-23(17-22)37-31-34-19-26(32)29(38-31)25-18-33-27-10-4-3-9-24(25)27/h3-11,17-21,33H,12-16H2,1-2H3,(H,35,40)(H,36,41)(H,34,37,38)/b11-6+/t20-,21-. The molecule has 1 aliphatic carbocycles. The fourth-order valence-electron chi connectivity index (χ4n) is 5.05. The molecule has 5 rings (SSSR count). The van der Waals surface area contributed by atoms with Crippen LogP contribution in [0.2, 0.25) is 5.02 Å². The van der Waals surface area contributed by atoms with Crippen LogP contribution in [0.1, 0.15) is 25.7 Å². The number of carbonyl (C=O) groups is 2. The second-order valence-corrected chi connectivity index (χ2v) is 11.0. The molecule has 0 radical (unpaired) electrons. The highest BCUT2D eigenvalue weighted by molar-refractivity contribution is 6.33. The average molecular weight is 572 g/mol. The fourth-order valence-corrected chi connectivity index (χ4v) is 5.24. The first-order chi connectivity index (χ1) is 19.9. The molecule has 4 aromatic rings. The van der Waals surface area contributed by atoms with Gasteiger partial charge in [-0.15, -0.1) is 0 Å². The quantitative estimate of drug-likeness (QED) is 0.190. The Morgan fingerprint density at radius 2 is 1.85 bits per heavy atom. The van der Waals surface area contributed by atoms with Crippen LogP contribution in [0, 0.1) is 5.92 Å². The SMILES string of the molecule is CN(C)C/C=C/C(=O)N[C@H]1CC[C@H](C(=O)Nc2cccc(Nc3ncc(Cl)c(-c4c[nH]c5ccccc45)n3)c2)CC1. The average Bonchev–Trinajstić information content (AvgIpc) is 3.38. The molecule has 1 saturated carbocycles. The summed E-state index contributed by atoms with van der Waals surface area (Å²) in [5, 5.41) is 10.8. The number of hydrogen-bond donors (Lipinski definition) is 4. The van der Waals surface area contributed by atoms with Crippen molar-refractivity contribution in [1.82, 2.24) is 25.2 Å². The van der Waals surface area contributed by atoms with Crippen molar-refractivity contribution in [1.29, 1.82) is 0 Å². The number of amides is 2. The third-order valence-corrected chi connectivity index (χ3v) is 7.44. The van der Waals surface area contributed by atoms with Crippen LogP contribution in [-0.4, -0.2) is 58.3 Å². The normalized spacial score (nSPS) is 17.2.